The third-order valence-electron chi connectivity index (χ3n) is 2.49. The first kappa shape index (κ1) is 10.2. The number of aryl methyl sites for hydroxylation is 1. The topological polar surface area (TPSA) is 45.4 Å². The molecule has 0 aliphatic heterocycles. The molecule has 0 saturated heterocycles. The van der Waals surface area contributed by atoms with E-state index in [2.05, 4.69) is 11.4 Å². The summed E-state index contributed by atoms with van der Waals surface area (Å²) in [4.78, 5) is 0. The molecule has 1 heterocycles. The van der Waals surface area contributed by atoms with Crippen molar-refractivity contribution in [2.45, 2.75) is 13.5 Å². The summed E-state index contributed by atoms with van der Waals surface area (Å²) in [6.45, 7) is 3.48. The van der Waals surface area contributed by atoms with Crippen LogP contribution in [0.3, 0.4) is 0 Å². The highest BCUT2D eigenvalue weighted by Crippen LogP contribution is 2.24. The molecule has 0 aliphatic carbocycles. The van der Waals surface area contributed by atoms with Gasteiger partial charge in [-0.05, 0) is 13.0 Å². The van der Waals surface area contributed by atoms with Gasteiger partial charge in [-0.25, -0.2) is 0 Å². The van der Waals surface area contributed by atoms with Gasteiger partial charge in [0.15, 0.2) is 0 Å². The maximum atomic E-state index is 8.69. The second-order valence-corrected chi connectivity index (χ2v) is 3.53. The predicted octanol–water partition coefficient (Wildman–Crippen LogP) is 1.82. The molecule has 0 radical (unpaired) electrons. The number of hydrogen-bond acceptors (Lipinski definition) is 3. The third-order valence-corrected chi connectivity index (χ3v) is 2.49. The van der Waals surface area contributed by atoms with Crippen molar-refractivity contribution in [1.82, 2.24) is 5.32 Å². The van der Waals surface area contributed by atoms with Crippen LogP contribution in [0, 0.1) is 6.92 Å². The van der Waals surface area contributed by atoms with E-state index in [0.29, 0.717) is 6.54 Å². The molecule has 80 valence electrons. The first-order valence-corrected chi connectivity index (χ1v) is 5.11. The van der Waals surface area contributed by atoms with E-state index < -0.39 is 0 Å². The van der Waals surface area contributed by atoms with Gasteiger partial charge >= 0.3 is 0 Å². The number of hydrogen-bond donors (Lipinski definition) is 2. The van der Waals surface area contributed by atoms with Crippen molar-refractivity contribution in [3.05, 3.63) is 35.6 Å². The molecule has 0 saturated carbocycles. The molecule has 0 amide bonds. The van der Waals surface area contributed by atoms with Crippen LogP contribution in [-0.2, 0) is 6.54 Å². The van der Waals surface area contributed by atoms with Gasteiger partial charge in [-0.3, -0.25) is 0 Å². The van der Waals surface area contributed by atoms with Gasteiger partial charge in [0.25, 0.3) is 0 Å². The van der Waals surface area contributed by atoms with Crippen molar-refractivity contribution >= 4 is 11.0 Å². The molecule has 15 heavy (non-hydrogen) atoms. The number of aliphatic hydroxyl groups is 1. The van der Waals surface area contributed by atoms with Crippen molar-refractivity contribution < 1.29 is 9.52 Å². The summed E-state index contributed by atoms with van der Waals surface area (Å²) < 4.78 is 5.63. The number of para-hydroxylation sites is 1. The van der Waals surface area contributed by atoms with Crippen LogP contribution in [0.15, 0.2) is 28.7 Å². The van der Waals surface area contributed by atoms with E-state index >= 15 is 0 Å². The van der Waals surface area contributed by atoms with Crippen molar-refractivity contribution in [3.8, 4) is 0 Å². The zero-order valence-corrected chi connectivity index (χ0v) is 8.79. The zero-order chi connectivity index (χ0) is 10.7. The SMILES string of the molecule is Cc1oc2ccccc2c1CNCCO. The van der Waals surface area contributed by atoms with Crippen LogP contribution in [0.4, 0.5) is 0 Å². The van der Waals surface area contributed by atoms with E-state index in [1.54, 1.807) is 0 Å². The maximum absolute atomic E-state index is 8.69. The Morgan fingerprint density at radius 3 is 2.93 bits per heavy atom. The highest BCUT2D eigenvalue weighted by atomic mass is 16.3. The van der Waals surface area contributed by atoms with E-state index in [9.17, 15) is 0 Å². The lowest BCUT2D eigenvalue weighted by Crippen LogP contribution is -2.17. The summed E-state index contributed by atoms with van der Waals surface area (Å²) >= 11 is 0. The van der Waals surface area contributed by atoms with Crippen molar-refractivity contribution in [2.24, 2.45) is 0 Å². The third kappa shape index (κ3) is 2.03. The normalized spacial score (nSPS) is 11.1. The number of nitrogens with one attached hydrogen (secondary N) is 1. The lowest BCUT2D eigenvalue weighted by Gasteiger charge is -2.01. The van der Waals surface area contributed by atoms with E-state index in [4.69, 9.17) is 9.52 Å². The smallest absolute Gasteiger partial charge is 0.134 e. The quantitative estimate of drug-likeness (QED) is 0.748. The summed E-state index contributed by atoms with van der Waals surface area (Å²) in [6.07, 6.45) is 0. The number of aliphatic hydroxyl groups excluding tert-OH is 1. The van der Waals surface area contributed by atoms with Crippen LogP contribution >= 0.6 is 0 Å². The number of furan rings is 1. The fourth-order valence-electron chi connectivity index (χ4n) is 1.73. The number of rotatable bonds is 4. The second-order valence-electron chi connectivity index (χ2n) is 3.53. The van der Waals surface area contributed by atoms with Crippen LogP contribution in [0.2, 0.25) is 0 Å². The molecule has 0 bridgehead atoms. The molecule has 0 spiro atoms. The standard InChI is InChI=1S/C12H15NO2/c1-9-11(8-13-6-7-14)10-4-2-3-5-12(10)15-9/h2-5,13-14H,6-8H2,1H3. The van der Waals surface area contributed by atoms with Crippen LogP contribution in [0.1, 0.15) is 11.3 Å². The fraction of sp³-hybridized carbons (Fsp3) is 0.333. The summed E-state index contributed by atoms with van der Waals surface area (Å²) in [5.41, 5.74) is 2.11. The Bertz CT molecular complexity index is 448. The minimum Gasteiger partial charge on any atom is -0.461 e. The summed E-state index contributed by atoms with van der Waals surface area (Å²) in [6, 6.07) is 8.00. The lowest BCUT2D eigenvalue weighted by atomic mass is 10.1. The second kappa shape index (κ2) is 4.47. The molecule has 2 rings (SSSR count). The van der Waals surface area contributed by atoms with Crippen LogP contribution in [0.25, 0.3) is 11.0 Å². The van der Waals surface area contributed by atoms with Gasteiger partial charge in [-0.15, -0.1) is 0 Å². The molecule has 2 N–H and O–H groups in total. The predicted molar refractivity (Wildman–Crippen MR) is 59.7 cm³/mol. The fourth-order valence-corrected chi connectivity index (χ4v) is 1.73. The van der Waals surface area contributed by atoms with Crippen molar-refractivity contribution in [2.75, 3.05) is 13.2 Å². The van der Waals surface area contributed by atoms with Gasteiger partial charge < -0.3 is 14.8 Å². The average molecular weight is 205 g/mol. The van der Waals surface area contributed by atoms with Gasteiger partial charge in [0.1, 0.15) is 11.3 Å². The Kier molecular flexibility index (Phi) is 3.04. The first-order chi connectivity index (χ1) is 7.33. The largest absolute Gasteiger partial charge is 0.461 e. The van der Waals surface area contributed by atoms with E-state index in [-0.39, 0.29) is 6.61 Å². The molecule has 3 heteroatoms. The van der Waals surface area contributed by atoms with Crippen LogP contribution in [0.5, 0.6) is 0 Å². The zero-order valence-electron chi connectivity index (χ0n) is 8.79. The van der Waals surface area contributed by atoms with Gasteiger partial charge in [-0.1, -0.05) is 18.2 Å². The molecule has 1 aromatic carbocycles. The molecule has 2 aromatic rings. The van der Waals surface area contributed by atoms with Gasteiger partial charge in [0.2, 0.25) is 0 Å². The maximum Gasteiger partial charge on any atom is 0.134 e. The summed E-state index contributed by atoms with van der Waals surface area (Å²) in [7, 11) is 0. The molecule has 1 aromatic heterocycles. The minimum atomic E-state index is 0.162. The van der Waals surface area contributed by atoms with E-state index in [1.165, 1.54) is 5.56 Å². The Morgan fingerprint density at radius 2 is 2.13 bits per heavy atom. The van der Waals surface area contributed by atoms with E-state index in [1.807, 2.05) is 25.1 Å². The average Bonchev–Trinajstić information content (AvgIpc) is 2.56. The van der Waals surface area contributed by atoms with E-state index in [0.717, 1.165) is 23.3 Å². The first-order valence-electron chi connectivity index (χ1n) is 5.11. The molecule has 0 atom stereocenters. The molecule has 0 fully saturated rings. The molecular weight excluding hydrogens is 190 g/mol. The van der Waals surface area contributed by atoms with Gasteiger partial charge in [0.05, 0.1) is 6.61 Å². The minimum absolute atomic E-state index is 0.162. The summed E-state index contributed by atoms with van der Waals surface area (Å²) in [5, 5.41) is 13.0. The monoisotopic (exact) mass is 205 g/mol. The molecule has 0 unspecified atom stereocenters. The van der Waals surface area contributed by atoms with Crippen LogP contribution in [-0.4, -0.2) is 18.3 Å². The van der Waals surface area contributed by atoms with Gasteiger partial charge in [0, 0.05) is 24.0 Å². The Hall–Kier alpha value is -1.32. The molecular formula is C12H15NO2. The Morgan fingerprint density at radius 1 is 1.33 bits per heavy atom. The van der Waals surface area contributed by atoms with Crippen molar-refractivity contribution in [3.63, 3.8) is 0 Å². The molecule has 3 nitrogen and oxygen atoms in total. The Labute approximate surface area is 88.7 Å². The molecule has 0 aliphatic rings. The lowest BCUT2D eigenvalue weighted by molar-refractivity contribution is 0.292. The summed E-state index contributed by atoms with van der Waals surface area (Å²) in [5.74, 6) is 0.946. The Balaban J connectivity index is 2.28. The van der Waals surface area contributed by atoms with Crippen LogP contribution < -0.4 is 5.32 Å². The van der Waals surface area contributed by atoms with Crippen molar-refractivity contribution in [1.29, 1.82) is 0 Å². The number of fused-ring (bicyclic) bond motifs is 1. The van der Waals surface area contributed by atoms with Gasteiger partial charge in [-0.2, -0.15) is 0 Å². The highest BCUT2D eigenvalue weighted by Gasteiger charge is 2.08. The highest BCUT2D eigenvalue weighted by molar-refractivity contribution is 5.82. The number of benzene rings is 1.